The van der Waals surface area contributed by atoms with E-state index in [0.29, 0.717) is 5.88 Å². The zero-order chi connectivity index (χ0) is 7.40. The smallest absolute Gasteiger partial charge is 0.0873 e. The van der Waals surface area contributed by atoms with E-state index in [1.807, 2.05) is 12.3 Å². The second kappa shape index (κ2) is 3.52. The van der Waals surface area contributed by atoms with Gasteiger partial charge in [-0.1, -0.05) is 6.08 Å². The number of alkyl halides is 1. The third-order valence-electron chi connectivity index (χ3n) is 1.44. The summed E-state index contributed by atoms with van der Waals surface area (Å²) in [6.07, 6.45) is 3.81. The average Bonchev–Trinajstić information content (AvgIpc) is 2.36. The van der Waals surface area contributed by atoms with Crippen LogP contribution in [0.3, 0.4) is 0 Å². The Hall–Kier alpha value is -0.630. The van der Waals surface area contributed by atoms with Gasteiger partial charge >= 0.3 is 0 Å². The number of nitrogens with zero attached hydrogens (tertiary/aromatic N) is 1. The van der Waals surface area contributed by atoms with Gasteiger partial charge in [0.1, 0.15) is 0 Å². The highest BCUT2D eigenvalue weighted by atomic mass is 35.5. The van der Waals surface area contributed by atoms with Gasteiger partial charge in [-0.2, -0.15) is 0 Å². The molecule has 0 bridgehead atoms. The third-order valence-corrected chi connectivity index (χ3v) is 1.72. The lowest BCUT2D eigenvalue weighted by atomic mass is 10.4. The Morgan fingerprint density at radius 2 is 2.70 bits per heavy atom. The Morgan fingerprint density at radius 3 is 3.30 bits per heavy atom. The van der Waals surface area contributed by atoms with Crippen molar-refractivity contribution < 1.29 is 0 Å². The molecule has 1 aliphatic heterocycles. The second-order valence-corrected chi connectivity index (χ2v) is 2.41. The van der Waals surface area contributed by atoms with Crippen molar-refractivity contribution in [2.75, 3.05) is 19.1 Å². The van der Waals surface area contributed by atoms with E-state index in [0.717, 1.165) is 18.9 Å². The van der Waals surface area contributed by atoms with Crippen molar-refractivity contribution in [3.63, 3.8) is 0 Å². The van der Waals surface area contributed by atoms with Crippen LogP contribution in [0.4, 0.5) is 0 Å². The molecule has 0 aliphatic carbocycles. The van der Waals surface area contributed by atoms with Crippen LogP contribution < -0.4 is 5.32 Å². The van der Waals surface area contributed by atoms with E-state index in [1.54, 1.807) is 0 Å². The van der Waals surface area contributed by atoms with Gasteiger partial charge < -0.3 is 10.2 Å². The summed E-state index contributed by atoms with van der Waals surface area (Å²) in [5.41, 5.74) is 1.14. The number of hydrogen-bond donors (Lipinski definition) is 1. The summed E-state index contributed by atoms with van der Waals surface area (Å²) in [6, 6.07) is 0. The molecule has 0 aromatic carbocycles. The minimum absolute atomic E-state index is 0.570. The highest BCUT2D eigenvalue weighted by Crippen LogP contribution is 2.08. The van der Waals surface area contributed by atoms with Crippen LogP contribution in [-0.2, 0) is 0 Å². The molecule has 56 valence electrons. The fourth-order valence-electron chi connectivity index (χ4n) is 0.927. The van der Waals surface area contributed by atoms with Crippen LogP contribution in [0.5, 0.6) is 0 Å². The molecule has 0 fully saturated rings. The quantitative estimate of drug-likeness (QED) is 0.489. The Balaban J connectivity index is 2.45. The lowest BCUT2D eigenvalue weighted by molar-refractivity contribution is 0.404. The van der Waals surface area contributed by atoms with Gasteiger partial charge in [0.05, 0.1) is 12.5 Å². The van der Waals surface area contributed by atoms with Crippen LogP contribution in [0, 0.1) is 0 Å². The SMILES string of the molecule is C=CCN1CNC=C1CCl. The maximum absolute atomic E-state index is 5.65. The maximum atomic E-state index is 5.65. The van der Waals surface area contributed by atoms with Gasteiger partial charge in [0.15, 0.2) is 0 Å². The van der Waals surface area contributed by atoms with Crippen molar-refractivity contribution >= 4 is 11.6 Å². The molecule has 0 aromatic rings. The van der Waals surface area contributed by atoms with E-state index >= 15 is 0 Å². The molecular weight excluding hydrogens is 148 g/mol. The van der Waals surface area contributed by atoms with Crippen molar-refractivity contribution in [3.8, 4) is 0 Å². The molecule has 10 heavy (non-hydrogen) atoms. The van der Waals surface area contributed by atoms with E-state index in [1.165, 1.54) is 0 Å². The summed E-state index contributed by atoms with van der Waals surface area (Å²) in [5, 5.41) is 3.09. The van der Waals surface area contributed by atoms with E-state index in [4.69, 9.17) is 11.6 Å². The number of rotatable bonds is 3. The highest BCUT2D eigenvalue weighted by molar-refractivity contribution is 6.19. The summed E-state index contributed by atoms with van der Waals surface area (Å²) in [6.45, 7) is 5.38. The molecule has 0 unspecified atom stereocenters. The molecule has 1 aliphatic rings. The first kappa shape index (κ1) is 7.48. The first-order valence-corrected chi connectivity index (χ1v) is 3.76. The zero-order valence-corrected chi connectivity index (χ0v) is 6.56. The van der Waals surface area contributed by atoms with Crippen molar-refractivity contribution in [3.05, 3.63) is 24.6 Å². The Kier molecular flexibility index (Phi) is 2.63. The Labute approximate surface area is 66.2 Å². The minimum atomic E-state index is 0.570. The number of nitrogens with one attached hydrogen (secondary N) is 1. The standard InChI is InChI=1S/C7H11ClN2/c1-2-3-10-6-9-5-7(10)4-8/h2,5,9H,1,3-4,6H2. The Morgan fingerprint density at radius 1 is 1.90 bits per heavy atom. The summed E-state index contributed by atoms with van der Waals surface area (Å²) in [5.74, 6) is 0.570. The largest absolute Gasteiger partial charge is 0.372 e. The topological polar surface area (TPSA) is 15.3 Å². The minimum Gasteiger partial charge on any atom is -0.372 e. The average molecular weight is 159 g/mol. The van der Waals surface area contributed by atoms with E-state index in [-0.39, 0.29) is 0 Å². The lowest BCUT2D eigenvalue weighted by Crippen LogP contribution is -2.24. The molecule has 0 saturated carbocycles. The van der Waals surface area contributed by atoms with E-state index in [2.05, 4.69) is 16.8 Å². The van der Waals surface area contributed by atoms with Gasteiger partial charge in [0.2, 0.25) is 0 Å². The molecule has 2 nitrogen and oxygen atoms in total. The van der Waals surface area contributed by atoms with Crippen LogP contribution in [0.2, 0.25) is 0 Å². The molecule has 0 atom stereocenters. The normalized spacial score (nSPS) is 16.5. The van der Waals surface area contributed by atoms with Gasteiger partial charge in [-0.25, -0.2) is 0 Å². The first-order chi connectivity index (χ1) is 4.88. The van der Waals surface area contributed by atoms with Gasteiger partial charge in [0.25, 0.3) is 0 Å². The fourth-order valence-corrected chi connectivity index (χ4v) is 1.17. The van der Waals surface area contributed by atoms with Gasteiger partial charge in [-0.15, -0.1) is 18.2 Å². The second-order valence-electron chi connectivity index (χ2n) is 2.14. The molecule has 0 radical (unpaired) electrons. The van der Waals surface area contributed by atoms with Crippen LogP contribution in [0.1, 0.15) is 0 Å². The van der Waals surface area contributed by atoms with Gasteiger partial charge in [0, 0.05) is 18.4 Å². The van der Waals surface area contributed by atoms with E-state index < -0.39 is 0 Å². The fraction of sp³-hybridized carbons (Fsp3) is 0.429. The molecular formula is C7H11ClN2. The molecule has 0 saturated heterocycles. The zero-order valence-electron chi connectivity index (χ0n) is 5.81. The Bertz CT molecular complexity index is 154. The van der Waals surface area contributed by atoms with Crippen LogP contribution in [0.15, 0.2) is 24.6 Å². The molecule has 1 N–H and O–H groups in total. The van der Waals surface area contributed by atoms with Gasteiger partial charge in [-0.3, -0.25) is 0 Å². The molecule has 0 aromatic heterocycles. The first-order valence-electron chi connectivity index (χ1n) is 3.22. The monoisotopic (exact) mass is 158 g/mol. The van der Waals surface area contributed by atoms with Crippen LogP contribution in [0.25, 0.3) is 0 Å². The third kappa shape index (κ3) is 1.45. The summed E-state index contributed by atoms with van der Waals surface area (Å²) < 4.78 is 0. The maximum Gasteiger partial charge on any atom is 0.0873 e. The predicted octanol–water partition coefficient (Wildman–Crippen LogP) is 1.12. The molecule has 1 rings (SSSR count). The van der Waals surface area contributed by atoms with Crippen molar-refractivity contribution in [1.82, 2.24) is 10.2 Å². The van der Waals surface area contributed by atoms with Crippen LogP contribution >= 0.6 is 11.6 Å². The van der Waals surface area contributed by atoms with Gasteiger partial charge in [-0.05, 0) is 0 Å². The van der Waals surface area contributed by atoms with Crippen molar-refractivity contribution in [2.45, 2.75) is 0 Å². The van der Waals surface area contributed by atoms with Crippen molar-refractivity contribution in [2.24, 2.45) is 0 Å². The molecule has 1 heterocycles. The van der Waals surface area contributed by atoms with E-state index in [9.17, 15) is 0 Å². The molecule has 0 amide bonds. The summed E-state index contributed by atoms with van der Waals surface area (Å²) in [4.78, 5) is 2.14. The summed E-state index contributed by atoms with van der Waals surface area (Å²) >= 11 is 5.65. The number of halogens is 1. The lowest BCUT2D eigenvalue weighted by Gasteiger charge is -2.16. The highest BCUT2D eigenvalue weighted by Gasteiger charge is 2.10. The number of hydrogen-bond acceptors (Lipinski definition) is 2. The summed E-state index contributed by atoms with van der Waals surface area (Å²) in [7, 11) is 0. The predicted molar refractivity (Wildman–Crippen MR) is 43.7 cm³/mol. The molecule has 3 heteroatoms. The van der Waals surface area contributed by atoms with Crippen molar-refractivity contribution in [1.29, 1.82) is 0 Å². The molecule has 0 spiro atoms. The van der Waals surface area contributed by atoms with Crippen LogP contribution in [-0.4, -0.2) is 24.0 Å². The number of allylic oxidation sites excluding steroid dienone is 1.